The summed E-state index contributed by atoms with van der Waals surface area (Å²) >= 11 is 0. The zero-order chi connectivity index (χ0) is 12.6. The van der Waals surface area contributed by atoms with E-state index >= 15 is 0 Å². The second-order valence-corrected chi connectivity index (χ2v) is 3.56. The number of nitrogens with zero attached hydrogens (tertiary/aromatic N) is 2. The third-order valence-corrected chi connectivity index (χ3v) is 2.41. The lowest BCUT2D eigenvalue weighted by Crippen LogP contribution is -2.42. The van der Waals surface area contributed by atoms with Gasteiger partial charge in [0.25, 0.3) is 11.8 Å². The number of hydrogen-bond acceptors (Lipinski definition) is 6. The number of rotatable bonds is 1. The quantitative estimate of drug-likeness (QED) is 0.563. The van der Waals surface area contributed by atoms with Gasteiger partial charge in [-0.05, 0) is 0 Å². The molecule has 0 radical (unpaired) electrons. The topological polar surface area (TPSA) is 101 Å². The Balaban J connectivity index is 2.06. The van der Waals surface area contributed by atoms with Crippen LogP contribution in [-0.2, 0) is 24.0 Å². The first kappa shape index (κ1) is 11.2. The molecule has 0 saturated carbocycles. The highest BCUT2D eigenvalue weighted by Gasteiger charge is 2.40. The van der Waals surface area contributed by atoms with Crippen molar-refractivity contribution in [2.24, 2.45) is 0 Å². The van der Waals surface area contributed by atoms with Crippen LogP contribution in [0.4, 0.5) is 4.79 Å². The molecule has 5 amide bonds. The highest BCUT2D eigenvalue weighted by atomic mass is 16.7. The van der Waals surface area contributed by atoms with Gasteiger partial charge in [-0.2, -0.15) is 4.90 Å². The van der Waals surface area contributed by atoms with Gasteiger partial charge in [-0.3, -0.25) is 19.2 Å². The lowest BCUT2D eigenvalue weighted by molar-refractivity contribution is -0.175. The molecular weight excluding hydrogens is 232 g/mol. The number of hydroxylamine groups is 2. The Bertz CT molecular complexity index is 411. The Morgan fingerprint density at radius 2 is 1.24 bits per heavy atom. The van der Waals surface area contributed by atoms with Gasteiger partial charge in [-0.25, -0.2) is 4.79 Å². The number of imide groups is 4. The van der Waals surface area contributed by atoms with Crippen LogP contribution in [0.2, 0.25) is 0 Å². The van der Waals surface area contributed by atoms with Crippen LogP contribution in [0.15, 0.2) is 0 Å². The number of likely N-dealkylation sites (tertiary alicyclic amines) is 1. The molecule has 90 valence electrons. The van der Waals surface area contributed by atoms with E-state index in [0.29, 0.717) is 9.96 Å². The largest absolute Gasteiger partial charge is 0.448 e. The summed E-state index contributed by atoms with van der Waals surface area (Å²) in [6.07, 6.45) is -1.55. The fraction of sp³-hybridized carbons (Fsp3) is 0.444. The second-order valence-electron chi connectivity index (χ2n) is 3.56. The summed E-state index contributed by atoms with van der Waals surface area (Å²) in [5, 5.41) is 0.293. The molecule has 8 nitrogen and oxygen atoms in total. The molecule has 0 spiro atoms. The van der Waals surface area contributed by atoms with Gasteiger partial charge in [0.15, 0.2) is 0 Å². The molecule has 2 saturated heterocycles. The van der Waals surface area contributed by atoms with Crippen molar-refractivity contribution < 1.29 is 28.8 Å². The highest BCUT2D eigenvalue weighted by Crippen LogP contribution is 2.17. The normalized spacial score (nSPS) is 20.5. The predicted molar refractivity (Wildman–Crippen MR) is 48.7 cm³/mol. The lowest BCUT2D eigenvalue weighted by Gasteiger charge is -2.16. The maximum atomic E-state index is 11.4. The van der Waals surface area contributed by atoms with E-state index in [9.17, 15) is 24.0 Å². The molecule has 17 heavy (non-hydrogen) atoms. The Labute approximate surface area is 95.0 Å². The third-order valence-electron chi connectivity index (χ3n) is 2.41. The number of carbonyl (C=O) groups excluding carboxylic acids is 5. The van der Waals surface area contributed by atoms with E-state index in [4.69, 9.17) is 0 Å². The summed E-state index contributed by atoms with van der Waals surface area (Å²) in [6.45, 7) is 0. The minimum atomic E-state index is -1.30. The van der Waals surface area contributed by atoms with E-state index in [-0.39, 0.29) is 25.7 Å². The van der Waals surface area contributed by atoms with Crippen molar-refractivity contribution in [3.8, 4) is 0 Å². The van der Waals surface area contributed by atoms with Gasteiger partial charge in [0.05, 0.1) is 0 Å². The molecule has 2 fully saturated rings. The summed E-state index contributed by atoms with van der Waals surface area (Å²) in [5.41, 5.74) is 0. The maximum absolute atomic E-state index is 11.4. The second kappa shape index (κ2) is 3.96. The zero-order valence-electron chi connectivity index (χ0n) is 8.67. The zero-order valence-corrected chi connectivity index (χ0v) is 8.67. The molecule has 2 aliphatic rings. The Kier molecular flexibility index (Phi) is 2.62. The number of amides is 5. The van der Waals surface area contributed by atoms with Crippen molar-refractivity contribution >= 4 is 29.7 Å². The van der Waals surface area contributed by atoms with Crippen molar-refractivity contribution in [1.82, 2.24) is 9.96 Å². The first-order chi connectivity index (χ1) is 8.00. The van der Waals surface area contributed by atoms with Crippen LogP contribution in [0.5, 0.6) is 0 Å². The Hall–Kier alpha value is -2.25. The van der Waals surface area contributed by atoms with Gasteiger partial charge in [0.1, 0.15) is 0 Å². The molecule has 0 unspecified atom stereocenters. The molecule has 0 aromatic rings. The van der Waals surface area contributed by atoms with Crippen LogP contribution < -0.4 is 0 Å². The van der Waals surface area contributed by atoms with E-state index in [0.717, 1.165) is 0 Å². The molecule has 2 aliphatic heterocycles. The van der Waals surface area contributed by atoms with Crippen LogP contribution in [-0.4, -0.2) is 39.7 Å². The van der Waals surface area contributed by atoms with Crippen LogP contribution >= 0.6 is 0 Å². The van der Waals surface area contributed by atoms with Gasteiger partial charge in [-0.15, -0.1) is 5.06 Å². The summed E-state index contributed by atoms with van der Waals surface area (Å²) in [5.74, 6) is -2.72. The lowest BCUT2D eigenvalue weighted by atomic mass is 10.4. The minimum Gasteiger partial charge on any atom is -0.310 e. The fourth-order valence-corrected chi connectivity index (χ4v) is 1.56. The Morgan fingerprint density at radius 1 is 0.824 bits per heavy atom. The summed E-state index contributed by atoms with van der Waals surface area (Å²) in [4.78, 5) is 60.8. The van der Waals surface area contributed by atoms with Gasteiger partial charge >= 0.3 is 6.09 Å². The number of hydrogen-bond donors (Lipinski definition) is 0. The van der Waals surface area contributed by atoms with Crippen molar-refractivity contribution in [1.29, 1.82) is 0 Å². The van der Waals surface area contributed by atoms with Crippen molar-refractivity contribution in [2.45, 2.75) is 25.7 Å². The molecule has 0 aliphatic carbocycles. The molecule has 8 heteroatoms. The van der Waals surface area contributed by atoms with Crippen molar-refractivity contribution in [3.63, 3.8) is 0 Å². The monoisotopic (exact) mass is 240 g/mol. The van der Waals surface area contributed by atoms with Crippen LogP contribution in [0.25, 0.3) is 0 Å². The van der Waals surface area contributed by atoms with E-state index in [1.54, 1.807) is 0 Å². The molecule has 0 N–H and O–H groups in total. The van der Waals surface area contributed by atoms with Crippen molar-refractivity contribution in [2.75, 3.05) is 0 Å². The Morgan fingerprint density at radius 3 is 1.71 bits per heavy atom. The van der Waals surface area contributed by atoms with Crippen LogP contribution in [0, 0.1) is 0 Å². The molecule has 2 heterocycles. The smallest absolute Gasteiger partial charge is 0.310 e. The van der Waals surface area contributed by atoms with Crippen molar-refractivity contribution in [3.05, 3.63) is 0 Å². The summed E-state index contributed by atoms with van der Waals surface area (Å²) in [6, 6.07) is 0. The average molecular weight is 240 g/mol. The van der Waals surface area contributed by atoms with Crippen LogP contribution in [0.1, 0.15) is 25.7 Å². The average Bonchev–Trinajstić information content (AvgIpc) is 2.75. The predicted octanol–water partition coefficient (Wildman–Crippen LogP) is -0.664. The van der Waals surface area contributed by atoms with E-state index < -0.39 is 29.7 Å². The molecule has 0 aromatic carbocycles. The first-order valence-corrected chi connectivity index (χ1v) is 4.94. The third kappa shape index (κ3) is 1.88. The summed E-state index contributed by atoms with van der Waals surface area (Å²) in [7, 11) is 0. The van der Waals surface area contributed by atoms with Crippen LogP contribution in [0.3, 0.4) is 0 Å². The van der Waals surface area contributed by atoms with E-state index in [1.807, 2.05) is 0 Å². The number of carbonyl (C=O) groups is 5. The summed E-state index contributed by atoms with van der Waals surface area (Å²) < 4.78 is 0. The first-order valence-electron chi connectivity index (χ1n) is 4.94. The fourth-order valence-electron chi connectivity index (χ4n) is 1.56. The standard InChI is InChI=1S/C9H8N2O6/c12-5-1-2-6(13)10(5)9(16)17-11-7(14)3-4-8(11)15/h1-4H2. The van der Waals surface area contributed by atoms with E-state index in [1.165, 1.54) is 0 Å². The molecule has 0 bridgehead atoms. The SMILES string of the molecule is O=C1CCC(=O)N1OC(=O)N1C(=O)CCC1=O. The van der Waals surface area contributed by atoms with Gasteiger partial charge < -0.3 is 4.84 Å². The molecule has 0 atom stereocenters. The van der Waals surface area contributed by atoms with Gasteiger partial charge in [0, 0.05) is 25.7 Å². The van der Waals surface area contributed by atoms with Gasteiger partial charge in [-0.1, -0.05) is 0 Å². The van der Waals surface area contributed by atoms with Gasteiger partial charge in [0.2, 0.25) is 11.8 Å². The maximum Gasteiger partial charge on any atom is 0.448 e. The highest BCUT2D eigenvalue weighted by molar-refractivity contribution is 6.13. The minimum absolute atomic E-state index is 0.0476. The molecule has 0 aromatic heterocycles. The molecule has 2 rings (SSSR count). The molecular formula is C9H8N2O6. The van der Waals surface area contributed by atoms with E-state index in [2.05, 4.69) is 4.84 Å².